The van der Waals surface area contributed by atoms with Gasteiger partial charge in [0.1, 0.15) is 5.75 Å². The molecule has 3 fully saturated rings. The predicted octanol–water partition coefficient (Wildman–Crippen LogP) is 5.19. The number of likely N-dealkylation sites (N-methyl/N-ethyl adjacent to an activating group) is 1. The van der Waals surface area contributed by atoms with E-state index in [1.54, 1.807) is 25.1 Å². The molecule has 6 heteroatoms. The standard InChI is InChI=1S/C27H35FN2O3/c1-26-13-12-20-18(8-11-23-27(20,2)15-22(28)25(32)30(23)3)19(26)9-10-21(26)24(31)29-16-6-5-7-17(14-16)33-4/h5-7,14-15,18-21,23H,8-13H2,1-4H3,(H,29,31)/t18-,19-,20+,21?,23?,26-,27+/m0/s1. The Morgan fingerprint density at radius 1 is 1.15 bits per heavy atom. The number of hydrogen-bond acceptors (Lipinski definition) is 3. The van der Waals surface area contributed by atoms with Gasteiger partial charge in [0.2, 0.25) is 5.91 Å². The second-order valence-electron chi connectivity index (χ2n) is 11.1. The van der Waals surface area contributed by atoms with Crippen molar-refractivity contribution in [2.75, 3.05) is 19.5 Å². The van der Waals surface area contributed by atoms with Crippen LogP contribution >= 0.6 is 0 Å². The number of carbonyl (C=O) groups excluding carboxylic acids is 2. The van der Waals surface area contributed by atoms with Gasteiger partial charge < -0.3 is 15.0 Å². The topological polar surface area (TPSA) is 58.6 Å². The molecule has 2 amide bonds. The van der Waals surface area contributed by atoms with Gasteiger partial charge in [-0.3, -0.25) is 9.59 Å². The van der Waals surface area contributed by atoms with Crippen LogP contribution in [0.1, 0.15) is 52.4 Å². The molecule has 0 bridgehead atoms. The van der Waals surface area contributed by atoms with Crippen LogP contribution in [0, 0.1) is 34.5 Å². The van der Waals surface area contributed by atoms with Crippen molar-refractivity contribution in [2.24, 2.45) is 34.5 Å². The van der Waals surface area contributed by atoms with E-state index in [9.17, 15) is 14.0 Å². The van der Waals surface area contributed by atoms with E-state index in [1.165, 1.54) is 0 Å². The number of ether oxygens (including phenoxy) is 1. The molecule has 33 heavy (non-hydrogen) atoms. The molecule has 3 saturated carbocycles. The summed E-state index contributed by atoms with van der Waals surface area (Å²) in [7, 11) is 3.37. The molecule has 0 saturated heterocycles. The molecular weight excluding hydrogens is 419 g/mol. The second kappa shape index (κ2) is 7.85. The largest absolute Gasteiger partial charge is 0.497 e. The van der Waals surface area contributed by atoms with Crippen molar-refractivity contribution in [3.63, 3.8) is 0 Å². The minimum absolute atomic E-state index is 0.0249. The molecule has 1 aliphatic heterocycles. The van der Waals surface area contributed by atoms with Gasteiger partial charge in [0.05, 0.1) is 7.11 Å². The Balaban J connectivity index is 1.38. The van der Waals surface area contributed by atoms with Crippen molar-refractivity contribution in [1.29, 1.82) is 0 Å². The van der Waals surface area contributed by atoms with Gasteiger partial charge in [-0.15, -0.1) is 0 Å². The van der Waals surface area contributed by atoms with E-state index in [-0.39, 0.29) is 28.7 Å². The predicted molar refractivity (Wildman–Crippen MR) is 125 cm³/mol. The van der Waals surface area contributed by atoms with Gasteiger partial charge in [-0.25, -0.2) is 4.39 Å². The fourth-order valence-electron chi connectivity index (χ4n) is 8.19. The SMILES string of the molecule is COc1cccc(NC(=O)C2CC[C@H]3[C@@H]4CCC5N(C)C(=O)C(F)=C[C@]5(C)[C@@H]4CC[C@]23C)c1. The van der Waals surface area contributed by atoms with Gasteiger partial charge in [0.15, 0.2) is 5.83 Å². The van der Waals surface area contributed by atoms with Gasteiger partial charge in [-0.05, 0) is 79.9 Å². The Labute approximate surface area is 195 Å². The molecule has 4 aliphatic rings. The number of rotatable bonds is 3. The minimum Gasteiger partial charge on any atom is -0.497 e. The highest BCUT2D eigenvalue weighted by Crippen LogP contribution is 2.65. The van der Waals surface area contributed by atoms with Crippen LogP contribution in [0.4, 0.5) is 10.1 Å². The third-order valence-corrected chi connectivity index (χ3v) is 9.81. The van der Waals surface area contributed by atoms with Gasteiger partial charge in [-0.1, -0.05) is 19.9 Å². The first kappa shape index (κ1) is 22.4. The number of methoxy groups -OCH3 is 1. The van der Waals surface area contributed by atoms with Crippen LogP contribution in [0.25, 0.3) is 0 Å². The van der Waals surface area contributed by atoms with Crippen LogP contribution < -0.4 is 10.1 Å². The summed E-state index contributed by atoms with van der Waals surface area (Å²) in [5.41, 5.74) is 0.382. The number of nitrogens with one attached hydrogen (secondary N) is 1. The first-order valence-electron chi connectivity index (χ1n) is 12.3. The summed E-state index contributed by atoms with van der Waals surface area (Å²) in [5, 5.41) is 3.14. The van der Waals surface area contributed by atoms with E-state index in [0.29, 0.717) is 17.8 Å². The van der Waals surface area contributed by atoms with Crippen molar-refractivity contribution in [3.05, 3.63) is 36.2 Å². The number of anilines is 1. The molecule has 1 N–H and O–H groups in total. The normalized spacial score (nSPS) is 39.8. The van der Waals surface area contributed by atoms with Crippen molar-refractivity contribution >= 4 is 17.5 Å². The van der Waals surface area contributed by atoms with E-state index in [4.69, 9.17) is 4.74 Å². The van der Waals surface area contributed by atoms with E-state index in [1.807, 2.05) is 24.3 Å². The van der Waals surface area contributed by atoms with Crippen molar-refractivity contribution in [2.45, 2.75) is 58.4 Å². The van der Waals surface area contributed by atoms with Crippen LogP contribution in [-0.4, -0.2) is 36.9 Å². The Hall–Kier alpha value is -2.37. The van der Waals surface area contributed by atoms with E-state index in [2.05, 4.69) is 19.2 Å². The smallest absolute Gasteiger partial charge is 0.282 e. The van der Waals surface area contributed by atoms with Crippen LogP contribution in [0.2, 0.25) is 0 Å². The zero-order chi connectivity index (χ0) is 23.5. The van der Waals surface area contributed by atoms with Crippen LogP contribution in [0.3, 0.4) is 0 Å². The molecule has 0 radical (unpaired) electrons. The molecule has 0 aromatic heterocycles. The third-order valence-electron chi connectivity index (χ3n) is 9.81. The monoisotopic (exact) mass is 454 g/mol. The third kappa shape index (κ3) is 3.31. The number of fused-ring (bicyclic) bond motifs is 5. The maximum Gasteiger partial charge on any atom is 0.282 e. The number of hydrogen-bond donors (Lipinski definition) is 1. The summed E-state index contributed by atoms with van der Waals surface area (Å²) < 4.78 is 19.9. The van der Waals surface area contributed by atoms with Gasteiger partial charge in [-0.2, -0.15) is 0 Å². The van der Waals surface area contributed by atoms with Crippen molar-refractivity contribution < 1.29 is 18.7 Å². The quantitative estimate of drug-likeness (QED) is 0.684. The Morgan fingerprint density at radius 2 is 1.94 bits per heavy atom. The fraction of sp³-hybridized carbons (Fsp3) is 0.630. The zero-order valence-electron chi connectivity index (χ0n) is 20.1. The van der Waals surface area contributed by atoms with Crippen LogP contribution in [-0.2, 0) is 9.59 Å². The Kier molecular flexibility index (Phi) is 5.33. The van der Waals surface area contributed by atoms with Gasteiger partial charge >= 0.3 is 0 Å². The zero-order valence-corrected chi connectivity index (χ0v) is 20.1. The van der Waals surface area contributed by atoms with Crippen LogP contribution in [0.5, 0.6) is 5.75 Å². The maximum absolute atomic E-state index is 14.6. The molecule has 3 aliphatic carbocycles. The number of carbonyl (C=O) groups is 2. The molecule has 1 aromatic carbocycles. The molecular formula is C27H35FN2O3. The Bertz CT molecular complexity index is 1010. The second-order valence-corrected chi connectivity index (χ2v) is 11.1. The lowest BCUT2D eigenvalue weighted by atomic mass is 9.47. The lowest BCUT2D eigenvalue weighted by Gasteiger charge is -2.60. The molecule has 1 aromatic rings. The lowest BCUT2D eigenvalue weighted by Crippen LogP contribution is -2.60. The molecule has 0 spiro atoms. The number of nitrogens with zero attached hydrogens (tertiary/aromatic N) is 1. The molecule has 5 rings (SSSR count). The van der Waals surface area contributed by atoms with Crippen molar-refractivity contribution in [3.8, 4) is 5.75 Å². The molecule has 1 heterocycles. The highest BCUT2D eigenvalue weighted by atomic mass is 19.1. The molecule has 2 unspecified atom stereocenters. The summed E-state index contributed by atoms with van der Waals surface area (Å²) >= 11 is 0. The highest BCUT2D eigenvalue weighted by Gasteiger charge is 2.62. The number of halogens is 1. The van der Waals surface area contributed by atoms with Gasteiger partial charge in [0.25, 0.3) is 5.91 Å². The lowest BCUT2D eigenvalue weighted by molar-refractivity contribution is -0.144. The Morgan fingerprint density at radius 3 is 2.70 bits per heavy atom. The molecule has 178 valence electrons. The average Bonchev–Trinajstić information content (AvgIpc) is 3.15. The van der Waals surface area contributed by atoms with E-state index in [0.717, 1.165) is 50.0 Å². The highest BCUT2D eigenvalue weighted by molar-refractivity contribution is 5.94. The van der Waals surface area contributed by atoms with E-state index < -0.39 is 11.7 Å². The summed E-state index contributed by atoms with van der Waals surface area (Å²) in [5.74, 6) is 0.975. The number of benzene rings is 1. The summed E-state index contributed by atoms with van der Waals surface area (Å²) in [6, 6.07) is 7.57. The maximum atomic E-state index is 14.6. The molecule has 5 nitrogen and oxygen atoms in total. The first-order chi connectivity index (χ1) is 15.7. The van der Waals surface area contributed by atoms with Crippen LogP contribution in [0.15, 0.2) is 36.2 Å². The summed E-state index contributed by atoms with van der Waals surface area (Å²) in [6.07, 6.45) is 7.45. The van der Waals surface area contributed by atoms with E-state index >= 15 is 0 Å². The number of amides is 2. The first-order valence-corrected chi connectivity index (χ1v) is 12.3. The molecule has 7 atom stereocenters. The summed E-state index contributed by atoms with van der Waals surface area (Å²) in [6.45, 7) is 4.46. The minimum atomic E-state index is -0.604. The summed E-state index contributed by atoms with van der Waals surface area (Å²) in [4.78, 5) is 27.3. The fourth-order valence-corrected chi connectivity index (χ4v) is 8.19. The van der Waals surface area contributed by atoms with Gasteiger partial charge in [0, 0.05) is 36.2 Å². The van der Waals surface area contributed by atoms with Crippen molar-refractivity contribution in [1.82, 2.24) is 4.90 Å². The average molecular weight is 455 g/mol.